The molecular formula is C77H144N16O10. The zero-order chi connectivity index (χ0) is 75.0. The number of allylic oxidation sites excluding steroid dienone is 6. The van der Waals surface area contributed by atoms with E-state index in [1.165, 1.54) is 193 Å². The Morgan fingerprint density at radius 3 is 0.883 bits per heavy atom. The maximum Gasteiger partial charge on any atom is 0.248 e. The molecule has 0 aromatic heterocycles. The van der Waals surface area contributed by atoms with E-state index in [4.69, 9.17) is 26.0 Å². The van der Waals surface area contributed by atoms with Crippen molar-refractivity contribution in [3.8, 4) is 0 Å². The number of hydrazone groups is 3. The molecule has 0 unspecified atom stereocenters. The zero-order valence-electron chi connectivity index (χ0n) is 64.3. The Morgan fingerprint density at radius 2 is 0.583 bits per heavy atom. The topological polar surface area (TPSA) is 369 Å². The number of carbonyl (C=O) groups excluding carboxylic acids is 7. The maximum atomic E-state index is 13.8. The molecule has 2 atom stereocenters. The van der Waals surface area contributed by atoms with Crippen molar-refractivity contribution in [2.45, 2.75) is 328 Å². The second kappa shape index (κ2) is 77.7. The lowest BCUT2D eigenvalue weighted by molar-refractivity contribution is -0.131. The van der Waals surface area contributed by atoms with Crippen molar-refractivity contribution in [1.29, 1.82) is 0 Å². The summed E-state index contributed by atoms with van der Waals surface area (Å²) in [5.74, 6) is -4.22. The molecule has 0 heterocycles. The number of amides is 7. The van der Waals surface area contributed by atoms with Crippen molar-refractivity contribution in [2.75, 3.05) is 59.1 Å². The van der Waals surface area contributed by atoms with Gasteiger partial charge in [0.05, 0.1) is 0 Å². The van der Waals surface area contributed by atoms with Crippen molar-refractivity contribution in [2.24, 2.45) is 31.8 Å². The van der Waals surface area contributed by atoms with E-state index in [1.807, 2.05) is 0 Å². The van der Waals surface area contributed by atoms with Crippen molar-refractivity contribution in [3.05, 3.63) is 36.5 Å². The van der Waals surface area contributed by atoms with Crippen LogP contribution >= 0.6 is 0 Å². The lowest BCUT2D eigenvalue weighted by Gasteiger charge is -2.21. The third-order valence-corrected chi connectivity index (χ3v) is 16.9. The molecule has 0 rings (SSSR count). The van der Waals surface area contributed by atoms with E-state index < -0.39 is 59.4 Å². The molecule has 14 N–H and O–H groups in total. The van der Waals surface area contributed by atoms with Crippen LogP contribution in [0.25, 0.3) is 0 Å². The average Bonchev–Trinajstić information content (AvgIpc) is 0.895. The van der Waals surface area contributed by atoms with Gasteiger partial charge in [0.2, 0.25) is 41.4 Å². The highest BCUT2D eigenvalue weighted by molar-refractivity contribution is 5.92. The van der Waals surface area contributed by atoms with Gasteiger partial charge in [0.1, 0.15) is 12.1 Å². The summed E-state index contributed by atoms with van der Waals surface area (Å²) < 4.78 is 0. The first-order valence-electron chi connectivity index (χ1n) is 40.0. The number of guanidine groups is 1. The van der Waals surface area contributed by atoms with Crippen LogP contribution in [0.3, 0.4) is 0 Å². The molecule has 26 heteroatoms. The number of nitrogens with two attached hydrogens (primary N) is 2. The summed E-state index contributed by atoms with van der Waals surface area (Å²) in [5.41, 5.74) is 18.6. The Balaban J connectivity index is 4.94. The van der Waals surface area contributed by atoms with Gasteiger partial charge in [0.25, 0.3) is 0 Å². The van der Waals surface area contributed by atoms with Crippen molar-refractivity contribution in [1.82, 2.24) is 54.0 Å². The minimum Gasteiger partial charge on any atom is -0.370 e. The average molecular weight is 1450 g/mol. The van der Waals surface area contributed by atoms with E-state index in [2.05, 4.69) is 132 Å². The minimum absolute atomic E-state index is 0.00000662. The number of nitrogens with one attached hydrogen (secondary N) is 10. The first-order chi connectivity index (χ1) is 50.4. The normalized spacial score (nSPS) is 12.2. The van der Waals surface area contributed by atoms with Gasteiger partial charge in [-0.2, -0.15) is 32.1 Å². The number of hydrogen-bond donors (Lipinski definition) is 12. The predicted molar refractivity (Wildman–Crippen MR) is 419 cm³/mol. The molecule has 0 bridgehead atoms. The minimum atomic E-state index is -1.31. The van der Waals surface area contributed by atoms with Gasteiger partial charge in [0, 0.05) is 70.8 Å². The van der Waals surface area contributed by atoms with E-state index >= 15 is 0 Å². The largest absolute Gasteiger partial charge is 0.370 e. The van der Waals surface area contributed by atoms with E-state index in [9.17, 15) is 33.6 Å². The fourth-order valence-electron chi connectivity index (χ4n) is 10.8. The Kier molecular flexibility index (Phi) is 72.5. The van der Waals surface area contributed by atoms with Gasteiger partial charge < -0.3 is 48.7 Å². The Labute approximate surface area is 620 Å². The second-order valence-electron chi connectivity index (χ2n) is 26.4. The van der Waals surface area contributed by atoms with Crippen LogP contribution in [0.15, 0.2) is 56.8 Å². The molecule has 0 radical (unpaired) electrons. The van der Waals surface area contributed by atoms with E-state index in [0.717, 1.165) is 77.0 Å². The molecule has 0 saturated carbocycles. The molecule has 26 nitrogen and oxygen atoms in total. The lowest BCUT2D eigenvalue weighted by atomic mass is 10.1. The molecule has 0 aromatic rings. The molecular weight excluding hydrogens is 1310 g/mol. The number of unbranched alkanes of at least 4 members (excludes halogenated alkanes) is 36. The van der Waals surface area contributed by atoms with E-state index in [-0.39, 0.29) is 84.8 Å². The third kappa shape index (κ3) is 73.2. The maximum absolute atomic E-state index is 13.8. The lowest BCUT2D eigenvalue weighted by Crippen LogP contribution is -2.51. The van der Waals surface area contributed by atoms with Crippen LogP contribution in [-0.4, -0.2) is 137 Å². The summed E-state index contributed by atoms with van der Waals surface area (Å²) in [4.78, 5) is 110. The van der Waals surface area contributed by atoms with E-state index in [1.54, 1.807) is 18.6 Å². The van der Waals surface area contributed by atoms with Gasteiger partial charge >= 0.3 is 0 Å². The molecule has 0 aliphatic carbocycles. The van der Waals surface area contributed by atoms with Crippen molar-refractivity contribution >= 4 is 66.0 Å². The molecule has 103 heavy (non-hydrogen) atoms. The van der Waals surface area contributed by atoms with Gasteiger partial charge in [0.15, 0.2) is 25.8 Å². The molecule has 0 aliphatic rings. The number of carbonyl (C=O) groups is 7. The van der Waals surface area contributed by atoms with Gasteiger partial charge in [-0.25, -0.2) is 19.5 Å². The predicted octanol–water partition coefficient (Wildman–Crippen LogP) is 12.0. The number of aliphatic imine (C=N–C) groups is 1. The molecule has 592 valence electrons. The van der Waals surface area contributed by atoms with Crippen molar-refractivity contribution < 1.29 is 48.1 Å². The summed E-state index contributed by atoms with van der Waals surface area (Å²) in [6, 6.07) is -2.60. The molecule has 0 aliphatic heterocycles. The highest BCUT2D eigenvalue weighted by atomic mass is 16.7. The third-order valence-electron chi connectivity index (χ3n) is 16.9. The number of hydrogen-bond acceptors (Lipinski definition) is 17. The standard InChI is InChI=1S/C77H144N16O10/c1-4-7-10-13-16-19-22-25-28-31-34-37-40-43-46-49-56-86-91-101-65-72(96)82-61-59-80-70(94)54-52-68(75(99)85-64-63-84-74(98)67-103-93-88-58-51-48-45-42-39-36-33-30-27-24-21-18-15-12-9-6-3)89-76(100)69(90-77(78)79)53-55-71(95)81-60-62-83-73(97)66-102-92-87-57-50-47-44-41-38-35-32-29-26-23-20-17-14-11-8-5-2/h25-30,56-58,68-69,91-93H,4-24,31-55,59-67H2,1-3H3,(H,80,94)(H,81,95)(H,82,96)(H,83,97)(H,84,98)(H,85,99)(H,89,100)(H4,78,79,90)/b28-25-,29-26-,30-27-,86-56+,87-57+,88-58+/t68-,69-/m0/s1. The van der Waals surface area contributed by atoms with Gasteiger partial charge in [-0.3, -0.25) is 33.6 Å². The highest BCUT2D eigenvalue weighted by Gasteiger charge is 2.27. The Hall–Kier alpha value is -6.93. The van der Waals surface area contributed by atoms with Crippen LogP contribution in [0.2, 0.25) is 0 Å². The van der Waals surface area contributed by atoms with Crippen LogP contribution < -0.4 is 65.5 Å². The monoisotopic (exact) mass is 1450 g/mol. The van der Waals surface area contributed by atoms with Gasteiger partial charge in [-0.1, -0.05) is 211 Å². The van der Waals surface area contributed by atoms with E-state index in [0.29, 0.717) is 0 Å². The first kappa shape index (κ1) is 96.1. The zero-order valence-corrected chi connectivity index (χ0v) is 64.3. The molecule has 0 fully saturated rings. The summed E-state index contributed by atoms with van der Waals surface area (Å²) in [6.07, 6.45) is 68.8. The fourth-order valence-corrected chi connectivity index (χ4v) is 10.8. The summed E-state index contributed by atoms with van der Waals surface area (Å²) in [5, 5.41) is 30.5. The van der Waals surface area contributed by atoms with Crippen LogP contribution in [0.4, 0.5) is 0 Å². The number of nitrogens with zero attached hydrogens (tertiary/aromatic N) is 4. The highest BCUT2D eigenvalue weighted by Crippen LogP contribution is 2.14. The van der Waals surface area contributed by atoms with Crippen LogP contribution in [0.5, 0.6) is 0 Å². The fraction of sp³-hybridized carbons (Fsp3) is 0.779. The van der Waals surface area contributed by atoms with Gasteiger partial charge in [-0.15, -0.1) is 0 Å². The molecule has 0 spiro atoms. The summed E-state index contributed by atoms with van der Waals surface area (Å²) in [7, 11) is 0. The number of rotatable bonds is 76. The van der Waals surface area contributed by atoms with Crippen molar-refractivity contribution in [3.63, 3.8) is 0 Å². The van der Waals surface area contributed by atoms with Crippen LogP contribution in [0.1, 0.15) is 316 Å². The summed E-state index contributed by atoms with van der Waals surface area (Å²) in [6.45, 7) is 6.01. The molecule has 0 saturated heterocycles. The Morgan fingerprint density at radius 1 is 0.320 bits per heavy atom. The van der Waals surface area contributed by atoms with Crippen LogP contribution in [0, 0.1) is 0 Å². The van der Waals surface area contributed by atoms with Crippen LogP contribution in [-0.2, 0) is 48.1 Å². The summed E-state index contributed by atoms with van der Waals surface area (Å²) >= 11 is 0. The smallest absolute Gasteiger partial charge is 0.248 e. The Bertz CT molecular complexity index is 2290. The second-order valence-corrected chi connectivity index (χ2v) is 26.4. The SMILES string of the molecule is CCCCCCCC/C=C\CCCCCCC/C=N/NOCC(=O)NCCNC(=O)CC[C@H](N=C(N)N)C(=O)N[C@@H](CCC(=O)NCCNC(=O)CON/N=C/CCCCCCC/C=C\CCCCCCCC)C(=O)NCCNC(=O)CON/N=C/CCCCCCC/C=C\CCCCCCCC. The first-order valence-corrected chi connectivity index (χ1v) is 40.0. The molecule has 7 amide bonds. The molecule has 0 aromatic carbocycles. The quantitative estimate of drug-likeness (QED) is 0.00885. The van der Waals surface area contributed by atoms with Gasteiger partial charge in [-0.05, 0) is 128 Å².